The number of carbonyl (C=O) groups is 1. The highest BCUT2D eigenvalue weighted by Gasteiger charge is 2.42. The summed E-state index contributed by atoms with van der Waals surface area (Å²) in [5.74, 6) is -0.815. The van der Waals surface area contributed by atoms with E-state index in [1.807, 2.05) is 0 Å². The summed E-state index contributed by atoms with van der Waals surface area (Å²) < 4.78 is 54.6. The van der Waals surface area contributed by atoms with Gasteiger partial charge in [-0.2, -0.15) is 27.6 Å². The normalized spacial score (nSPS) is 17.0. The topological polar surface area (TPSA) is 90.8 Å². The van der Waals surface area contributed by atoms with Crippen molar-refractivity contribution in [2.24, 2.45) is 0 Å². The highest BCUT2D eigenvalue weighted by atomic mass is 35.5. The number of hydrogen-bond donors (Lipinski definition) is 2. The monoisotopic (exact) mass is 492 g/mol. The number of H-pyrrole nitrogens is 1. The Morgan fingerprint density at radius 2 is 2.03 bits per heavy atom. The Labute approximate surface area is 194 Å². The number of halogens is 5. The molecule has 3 aromatic rings. The molecule has 2 aliphatic heterocycles. The summed E-state index contributed by atoms with van der Waals surface area (Å²) in [6, 6.07) is 4.85. The third-order valence-corrected chi connectivity index (χ3v) is 6.18. The van der Waals surface area contributed by atoms with Gasteiger partial charge >= 0.3 is 12.2 Å². The van der Waals surface area contributed by atoms with E-state index in [1.165, 1.54) is 16.7 Å². The Balaban J connectivity index is 1.43. The van der Waals surface area contributed by atoms with Crippen molar-refractivity contribution in [3.05, 3.63) is 74.7 Å². The van der Waals surface area contributed by atoms with Crippen LogP contribution in [0.3, 0.4) is 0 Å². The molecule has 2 aromatic heterocycles. The Bertz CT molecular complexity index is 1420. The number of fused-ring (bicyclic) bond motifs is 3. The molecule has 1 unspecified atom stereocenters. The number of hydrogen-bond acceptors (Lipinski definition) is 4. The van der Waals surface area contributed by atoms with Gasteiger partial charge in [-0.05, 0) is 24.1 Å². The van der Waals surface area contributed by atoms with Gasteiger partial charge in [-0.1, -0.05) is 17.7 Å². The van der Waals surface area contributed by atoms with E-state index < -0.39 is 23.7 Å². The molecule has 0 radical (unpaired) electrons. The van der Waals surface area contributed by atoms with Gasteiger partial charge in [-0.3, -0.25) is 9.78 Å². The number of carbonyl (C=O) groups excluding carboxylic acids is 1. The standard InChI is InChI=1S/C22H14ClF4N5O2/c23-14-8-16(15(24)7-13(14)10-1-4-18(28-9-10)22(25,26)27)29-21(34)32-12-2-3-17(32)20-11(5-12)6-19(33)30-31-20/h1,4,6-9,12H,2-3,5H2,(H,29,34)/p+1. The van der Waals surface area contributed by atoms with Crippen LogP contribution in [-0.2, 0) is 12.6 Å². The second-order valence-electron chi connectivity index (χ2n) is 7.99. The van der Waals surface area contributed by atoms with Crippen LogP contribution in [-0.4, -0.2) is 37.5 Å². The molecule has 0 fully saturated rings. The molecule has 34 heavy (non-hydrogen) atoms. The fourth-order valence-corrected chi connectivity index (χ4v) is 4.62. The van der Waals surface area contributed by atoms with E-state index in [0.29, 0.717) is 30.7 Å². The zero-order chi connectivity index (χ0) is 24.2. The van der Waals surface area contributed by atoms with Gasteiger partial charge in [-0.25, -0.2) is 14.8 Å². The minimum Gasteiger partial charge on any atom is -0.268 e. The summed E-state index contributed by atoms with van der Waals surface area (Å²) in [6.07, 6.45) is -1.94. The van der Waals surface area contributed by atoms with Crippen LogP contribution in [0.5, 0.6) is 0 Å². The molecule has 5 rings (SSSR count). The number of benzene rings is 1. The minimum absolute atomic E-state index is 0.0251. The summed E-state index contributed by atoms with van der Waals surface area (Å²) in [5.41, 5.74) is 0.671. The first kappa shape index (κ1) is 22.2. The van der Waals surface area contributed by atoms with E-state index >= 15 is 0 Å². The molecule has 0 aliphatic carbocycles. The van der Waals surface area contributed by atoms with Crippen molar-refractivity contribution in [2.75, 3.05) is 5.32 Å². The number of aromatic amines is 1. The highest BCUT2D eigenvalue weighted by Crippen LogP contribution is 2.35. The number of pyridine rings is 1. The van der Waals surface area contributed by atoms with Crippen LogP contribution >= 0.6 is 11.6 Å². The van der Waals surface area contributed by atoms with Crippen LogP contribution in [0.25, 0.3) is 11.1 Å². The molecular formula is C22H15ClF4N5O2+. The van der Waals surface area contributed by atoms with Gasteiger partial charge in [0.05, 0.1) is 5.02 Å². The Morgan fingerprint density at radius 3 is 2.74 bits per heavy atom. The van der Waals surface area contributed by atoms with E-state index in [2.05, 4.69) is 20.5 Å². The van der Waals surface area contributed by atoms with Gasteiger partial charge in [0.2, 0.25) is 0 Å². The molecule has 2 amide bonds. The van der Waals surface area contributed by atoms with Crippen LogP contribution in [0.1, 0.15) is 29.8 Å². The van der Waals surface area contributed by atoms with Crippen molar-refractivity contribution >= 4 is 29.0 Å². The lowest BCUT2D eigenvalue weighted by atomic mass is 10.0. The maximum Gasteiger partial charge on any atom is 0.496 e. The first-order valence-electron chi connectivity index (χ1n) is 10.2. The van der Waals surface area contributed by atoms with Gasteiger partial charge in [0, 0.05) is 42.3 Å². The Kier molecular flexibility index (Phi) is 5.23. The van der Waals surface area contributed by atoms with E-state index in [9.17, 15) is 27.2 Å². The van der Waals surface area contributed by atoms with E-state index in [4.69, 9.17) is 11.6 Å². The lowest BCUT2D eigenvalue weighted by molar-refractivity contribution is -0.460. The second-order valence-corrected chi connectivity index (χ2v) is 8.40. The Morgan fingerprint density at radius 1 is 1.24 bits per heavy atom. The fraction of sp³-hybridized carbons (Fsp3) is 0.227. The second kappa shape index (κ2) is 8.01. The van der Waals surface area contributed by atoms with Gasteiger partial charge in [-0.15, -0.1) is 0 Å². The van der Waals surface area contributed by atoms with Crippen LogP contribution < -0.4 is 10.9 Å². The number of nitrogens with one attached hydrogen (secondary N) is 2. The van der Waals surface area contributed by atoms with Crippen LogP contribution in [0.2, 0.25) is 5.02 Å². The summed E-state index contributed by atoms with van der Waals surface area (Å²) in [5, 5.41) is 8.98. The molecule has 0 saturated carbocycles. The first-order chi connectivity index (χ1) is 16.1. The first-order valence-corrected chi connectivity index (χ1v) is 10.6. The minimum atomic E-state index is -4.60. The zero-order valence-corrected chi connectivity index (χ0v) is 18.0. The average molecular weight is 493 g/mol. The number of amides is 2. The number of alkyl halides is 3. The van der Waals surface area contributed by atoms with Crippen LogP contribution in [0.4, 0.5) is 28.0 Å². The average Bonchev–Trinajstić information content (AvgIpc) is 3.10. The summed E-state index contributed by atoms with van der Waals surface area (Å²) in [6.45, 7) is 0. The van der Waals surface area contributed by atoms with Gasteiger partial charge in [0.25, 0.3) is 5.56 Å². The maximum atomic E-state index is 14.9. The molecule has 1 aromatic carbocycles. The smallest absolute Gasteiger partial charge is 0.268 e. The zero-order valence-electron chi connectivity index (χ0n) is 17.2. The molecular weight excluding hydrogens is 478 g/mol. The predicted octanol–water partition coefficient (Wildman–Crippen LogP) is 4.40. The summed E-state index contributed by atoms with van der Waals surface area (Å²) >= 11 is 6.26. The lowest BCUT2D eigenvalue weighted by Gasteiger charge is -2.18. The molecule has 4 heterocycles. The largest absolute Gasteiger partial charge is 0.496 e. The maximum absolute atomic E-state index is 14.9. The number of urea groups is 1. The van der Waals surface area contributed by atoms with E-state index in [0.717, 1.165) is 30.0 Å². The van der Waals surface area contributed by atoms with Gasteiger partial charge in [0.1, 0.15) is 23.1 Å². The number of anilines is 1. The Hall–Kier alpha value is -3.60. The van der Waals surface area contributed by atoms with Crippen molar-refractivity contribution in [1.29, 1.82) is 0 Å². The fourth-order valence-electron chi connectivity index (χ4n) is 4.35. The van der Waals surface area contributed by atoms with Crippen molar-refractivity contribution in [3.63, 3.8) is 0 Å². The molecule has 2 bridgehead atoms. The molecule has 12 heteroatoms. The molecule has 1 atom stereocenters. The van der Waals surface area contributed by atoms with Gasteiger partial charge in [0.15, 0.2) is 11.5 Å². The third kappa shape index (κ3) is 3.85. The van der Waals surface area contributed by atoms with Crippen molar-refractivity contribution < 1.29 is 26.9 Å². The van der Waals surface area contributed by atoms with Gasteiger partial charge < -0.3 is 0 Å². The molecule has 2 aliphatic rings. The quantitative estimate of drug-likeness (QED) is 0.410. The van der Waals surface area contributed by atoms with E-state index in [1.54, 1.807) is 0 Å². The SMILES string of the molecule is O=C(Nc1cc(Cl)c(-c2ccc(C(F)(F)F)nc2)cc1F)[N+]1=C2CCC1Cc1cc(=O)[nH]nc12. The number of rotatable bonds is 2. The number of nitrogens with zero attached hydrogens (tertiary/aromatic N) is 3. The summed E-state index contributed by atoms with van der Waals surface area (Å²) in [7, 11) is 0. The van der Waals surface area contributed by atoms with Crippen LogP contribution in [0, 0.1) is 5.82 Å². The molecule has 0 spiro atoms. The predicted molar refractivity (Wildman–Crippen MR) is 115 cm³/mol. The van der Waals surface area contributed by atoms with Crippen LogP contribution in [0.15, 0.2) is 41.3 Å². The molecule has 0 saturated heterocycles. The van der Waals surface area contributed by atoms with E-state index in [-0.39, 0.29) is 33.4 Å². The third-order valence-electron chi connectivity index (χ3n) is 5.87. The lowest BCUT2D eigenvalue weighted by Crippen LogP contribution is -2.40. The molecule has 2 N–H and O–H groups in total. The van der Waals surface area contributed by atoms with Crippen molar-refractivity contribution in [3.8, 4) is 11.1 Å². The van der Waals surface area contributed by atoms with Crippen molar-refractivity contribution in [2.45, 2.75) is 31.5 Å². The van der Waals surface area contributed by atoms with Crippen molar-refractivity contribution in [1.82, 2.24) is 15.2 Å². The highest BCUT2D eigenvalue weighted by molar-refractivity contribution is 6.33. The molecule has 7 nitrogen and oxygen atoms in total. The molecule has 174 valence electrons. The summed E-state index contributed by atoms with van der Waals surface area (Å²) in [4.78, 5) is 27.9. The number of aromatic nitrogens is 3.